The number of hydrogen-bond donors (Lipinski definition) is 1. The molecule has 56 heavy (non-hydrogen) atoms. The Morgan fingerprint density at radius 1 is 0.518 bits per heavy atom. The van der Waals surface area contributed by atoms with Gasteiger partial charge in [-0.15, -0.1) is 11.3 Å². The molecule has 3 aliphatic rings. The van der Waals surface area contributed by atoms with Crippen molar-refractivity contribution in [1.29, 1.82) is 0 Å². The number of nitrogens with zero attached hydrogens (tertiary/aromatic N) is 1. The van der Waals surface area contributed by atoms with Crippen LogP contribution in [0.1, 0.15) is 27.8 Å². The molecule has 0 radical (unpaired) electrons. The van der Waals surface area contributed by atoms with Gasteiger partial charge < -0.3 is 19.7 Å². The molecule has 8 aromatic rings. The highest BCUT2D eigenvalue weighted by molar-refractivity contribution is 7.33. The average Bonchev–Trinajstić information content (AvgIpc) is 3.56. The summed E-state index contributed by atoms with van der Waals surface area (Å²) in [6, 6.07) is 48.3. The first-order valence-corrected chi connectivity index (χ1v) is 20.2. The summed E-state index contributed by atoms with van der Waals surface area (Å²) in [7, 11) is 0. The highest BCUT2D eigenvalue weighted by Gasteiger charge is 2.44. The van der Waals surface area contributed by atoms with Gasteiger partial charge in [-0.3, -0.25) is 0 Å². The zero-order valence-corrected chi connectivity index (χ0v) is 32.8. The number of para-hydroxylation sites is 2. The quantitative estimate of drug-likeness (QED) is 0.183. The van der Waals surface area contributed by atoms with Gasteiger partial charge in [0.15, 0.2) is 0 Å². The van der Waals surface area contributed by atoms with Gasteiger partial charge in [-0.2, -0.15) is 0 Å². The molecule has 7 aromatic carbocycles. The molecule has 0 bridgehead atoms. The molecular weight excluding hydrogens is 702 g/mol. The Kier molecular flexibility index (Phi) is 7.36. The summed E-state index contributed by atoms with van der Waals surface area (Å²) in [5.41, 5.74) is 17.9. The predicted molar refractivity (Wildman–Crippen MR) is 239 cm³/mol. The third kappa shape index (κ3) is 5.00. The lowest BCUT2D eigenvalue weighted by molar-refractivity contribution is 0.487. The topological polar surface area (TPSA) is 33.7 Å². The van der Waals surface area contributed by atoms with Gasteiger partial charge in [0.05, 0.1) is 0 Å². The Morgan fingerprint density at radius 3 is 2.07 bits per heavy atom. The Balaban J connectivity index is 1.17. The second-order valence-corrected chi connectivity index (χ2v) is 16.8. The van der Waals surface area contributed by atoms with Crippen molar-refractivity contribution in [3.63, 3.8) is 0 Å². The van der Waals surface area contributed by atoms with Crippen LogP contribution in [-0.2, 0) is 0 Å². The Labute approximate surface area is 332 Å². The number of benzene rings is 7. The highest BCUT2D eigenvalue weighted by Crippen LogP contribution is 2.44. The fourth-order valence-electron chi connectivity index (χ4n) is 9.37. The minimum atomic E-state index is -0.0385. The van der Waals surface area contributed by atoms with Gasteiger partial charge in [-0.25, -0.2) is 0 Å². The van der Waals surface area contributed by atoms with Crippen LogP contribution in [0.25, 0.3) is 10.1 Å². The van der Waals surface area contributed by atoms with Crippen LogP contribution in [-0.4, -0.2) is 13.4 Å². The zero-order chi connectivity index (χ0) is 37.8. The van der Waals surface area contributed by atoms with Gasteiger partial charge in [0.2, 0.25) is 0 Å². The SMILES string of the molecule is Cc1cc(C)c2c(c1)Oc1c(sc3ccccc13)B2c1cc2c(cc1C)Oc1cc(Nc3ccccc3)cc3c1B2c1cc(C)c(C)cc1N3c1ccccc1. The lowest BCUT2D eigenvalue weighted by atomic mass is 9.32. The van der Waals surface area contributed by atoms with Gasteiger partial charge >= 0.3 is 0 Å². The molecule has 1 aromatic heterocycles. The molecule has 0 aliphatic carbocycles. The van der Waals surface area contributed by atoms with Crippen molar-refractivity contribution in [3.8, 4) is 23.0 Å². The number of hydrogen-bond acceptors (Lipinski definition) is 5. The van der Waals surface area contributed by atoms with Crippen molar-refractivity contribution in [3.05, 3.63) is 161 Å². The molecule has 11 rings (SSSR count). The summed E-state index contributed by atoms with van der Waals surface area (Å²) < 4.78 is 16.5. The van der Waals surface area contributed by atoms with Crippen molar-refractivity contribution in [1.82, 2.24) is 0 Å². The second kappa shape index (κ2) is 12.4. The van der Waals surface area contributed by atoms with Crippen LogP contribution in [0.3, 0.4) is 0 Å². The van der Waals surface area contributed by atoms with Crippen LogP contribution in [0.15, 0.2) is 133 Å². The summed E-state index contributed by atoms with van der Waals surface area (Å²) in [4.78, 5) is 2.43. The Hall–Kier alpha value is -6.17. The van der Waals surface area contributed by atoms with Crippen molar-refractivity contribution >= 4 is 95.4 Å². The minimum Gasteiger partial charge on any atom is -0.458 e. The number of fused-ring (bicyclic) bond motifs is 8. The lowest BCUT2D eigenvalue weighted by Crippen LogP contribution is -2.62. The molecule has 7 heteroatoms. The summed E-state index contributed by atoms with van der Waals surface area (Å²) in [6.45, 7) is 11.1. The molecule has 0 unspecified atom stereocenters. The van der Waals surface area contributed by atoms with Crippen molar-refractivity contribution < 1.29 is 9.47 Å². The van der Waals surface area contributed by atoms with E-state index in [2.05, 4.69) is 172 Å². The number of ether oxygens (including phenoxy) is 2. The normalized spacial score (nSPS) is 13.3. The molecule has 0 saturated carbocycles. The Morgan fingerprint density at radius 2 is 1.25 bits per heavy atom. The smallest absolute Gasteiger partial charge is 0.264 e. The molecule has 4 heterocycles. The van der Waals surface area contributed by atoms with Gasteiger partial charge in [0.1, 0.15) is 23.0 Å². The summed E-state index contributed by atoms with van der Waals surface area (Å²) >= 11 is 1.86. The van der Waals surface area contributed by atoms with Crippen molar-refractivity contribution in [2.45, 2.75) is 34.6 Å². The number of nitrogens with one attached hydrogen (secondary N) is 1. The van der Waals surface area contributed by atoms with E-state index < -0.39 is 0 Å². The van der Waals surface area contributed by atoms with Gasteiger partial charge in [0, 0.05) is 49.4 Å². The van der Waals surface area contributed by atoms with Crippen LogP contribution in [0.5, 0.6) is 23.0 Å². The monoisotopic (exact) mass is 740 g/mol. The van der Waals surface area contributed by atoms with E-state index in [0.29, 0.717) is 0 Å². The third-order valence-corrected chi connectivity index (χ3v) is 13.2. The maximum Gasteiger partial charge on any atom is 0.264 e. The first-order chi connectivity index (χ1) is 27.3. The standard InChI is InChI=1S/C49H38B2N2O2S/c1-28-20-32(5)46-43(21-28)55-48-36-18-12-13-19-45(36)56-49(48)51(46)37-27-39-42(24-31(37)4)54-44-26-34(52-33-14-8-6-9-15-33)25-41-47(44)50(39)38-22-29(2)30(3)23-40(38)53(41)35-16-10-7-11-17-35/h6-27,52H,1-5H3. The van der Waals surface area contributed by atoms with Crippen LogP contribution >= 0.6 is 11.3 Å². The molecule has 0 atom stereocenters. The Bertz CT molecular complexity index is 2920. The molecule has 4 nitrogen and oxygen atoms in total. The van der Waals surface area contributed by atoms with Crippen LogP contribution in [0.4, 0.5) is 28.4 Å². The van der Waals surface area contributed by atoms with E-state index in [-0.39, 0.29) is 13.4 Å². The predicted octanol–water partition coefficient (Wildman–Crippen LogP) is 9.21. The van der Waals surface area contributed by atoms with Crippen LogP contribution in [0.2, 0.25) is 0 Å². The van der Waals surface area contributed by atoms with E-state index in [1.807, 2.05) is 17.4 Å². The van der Waals surface area contributed by atoms with E-state index in [9.17, 15) is 0 Å². The van der Waals surface area contributed by atoms with Crippen molar-refractivity contribution in [2.75, 3.05) is 10.2 Å². The van der Waals surface area contributed by atoms with Gasteiger partial charge in [-0.1, -0.05) is 83.3 Å². The first kappa shape index (κ1) is 33.2. The maximum atomic E-state index is 7.12. The van der Waals surface area contributed by atoms with Crippen molar-refractivity contribution in [2.24, 2.45) is 0 Å². The summed E-state index contributed by atoms with van der Waals surface area (Å²) in [5.74, 6) is 3.73. The number of anilines is 5. The first-order valence-electron chi connectivity index (χ1n) is 19.4. The minimum absolute atomic E-state index is 0.0130. The third-order valence-electron chi connectivity index (χ3n) is 12.0. The summed E-state index contributed by atoms with van der Waals surface area (Å²) in [5, 5.41) is 4.87. The number of thiophene rings is 1. The molecule has 268 valence electrons. The second-order valence-electron chi connectivity index (χ2n) is 15.7. The summed E-state index contributed by atoms with van der Waals surface area (Å²) in [6.07, 6.45) is 0. The maximum absolute atomic E-state index is 7.12. The van der Waals surface area contributed by atoms with Crippen LogP contribution < -0.4 is 51.8 Å². The fourth-order valence-corrected chi connectivity index (χ4v) is 10.6. The van der Waals surface area contributed by atoms with E-state index in [1.54, 1.807) is 0 Å². The van der Waals surface area contributed by atoms with E-state index in [4.69, 9.17) is 9.47 Å². The molecule has 0 amide bonds. The van der Waals surface area contributed by atoms with Crippen LogP contribution in [0, 0.1) is 34.6 Å². The largest absolute Gasteiger partial charge is 0.458 e. The van der Waals surface area contributed by atoms with E-state index >= 15 is 0 Å². The number of rotatable bonds is 4. The zero-order valence-electron chi connectivity index (χ0n) is 32.0. The van der Waals surface area contributed by atoms with Gasteiger partial charge in [0.25, 0.3) is 13.4 Å². The molecule has 0 saturated heterocycles. The average molecular weight is 741 g/mol. The molecule has 0 spiro atoms. The van der Waals surface area contributed by atoms with E-state index in [0.717, 1.165) is 45.7 Å². The lowest BCUT2D eigenvalue weighted by Gasteiger charge is -2.41. The molecule has 1 N–H and O–H groups in total. The molecular formula is C49H38B2N2O2S. The van der Waals surface area contributed by atoms with E-state index in [1.165, 1.54) is 75.7 Å². The number of aryl methyl sites for hydroxylation is 5. The molecule has 3 aliphatic heterocycles. The van der Waals surface area contributed by atoms with Gasteiger partial charge in [-0.05, 0) is 134 Å². The fraction of sp³-hybridized carbons (Fsp3) is 0.102. The highest BCUT2D eigenvalue weighted by atomic mass is 32.1. The molecule has 0 fully saturated rings.